The summed E-state index contributed by atoms with van der Waals surface area (Å²) >= 11 is 7.42. The zero-order chi connectivity index (χ0) is 21.8. The molecule has 0 spiro atoms. The van der Waals surface area contributed by atoms with Gasteiger partial charge in [0.2, 0.25) is 5.88 Å². The molecule has 1 fully saturated rings. The first-order valence-corrected chi connectivity index (χ1v) is 10.7. The number of amides is 1. The number of nitrogens with one attached hydrogen (secondary N) is 1. The van der Waals surface area contributed by atoms with E-state index in [1.807, 2.05) is 18.2 Å². The number of aromatic nitrogens is 3. The van der Waals surface area contributed by atoms with E-state index in [4.69, 9.17) is 25.9 Å². The summed E-state index contributed by atoms with van der Waals surface area (Å²) in [5.41, 5.74) is 1.60. The van der Waals surface area contributed by atoms with Crippen molar-refractivity contribution >= 4 is 44.5 Å². The molecule has 1 aliphatic heterocycles. The average molecular weight is 465 g/mol. The van der Waals surface area contributed by atoms with Crippen LogP contribution in [0.1, 0.15) is 5.56 Å². The molecule has 3 aromatic rings. The van der Waals surface area contributed by atoms with Gasteiger partial charge in [0.25, 0.3) is 0 Å². The maximum atomic E-state index is 12.3. The van der Waals surface area contributed by atoms with Gasteiger partial charge in [-0.3, -0.25) is 10.2 Å². The fraction of sp³-hybridized carbons (Fsp3) is 0.368. The van der Waals surface area contributed by atoms with E-state index in [1.54, 1.807) is 12.2 Å². The Bertz CT molecular complexity index is 1070. The molecule has 10 nitrogen and oxygen atoms in total. The highest BCUT2D eigenvalue weighted by molar-refractivity contribution is 7.22. The molecular formula is C19H21ClN6O4S. The number of fused-ring (bicyclic) bond motifs is 1. The first-order chi connectivity index (χ1) is 15.1. The van der Waals surface area contributed by atoms with Crippen LogP contribution in [0.15, 0.2) is 24.5 Å². The summed E-state index contributed by atoms with van der Waals surface area (Å²) in [7, 11) is 3.10. The van der Waals surface area contributed by atoms with Gasteiger partial charge in [-0.25, -0.2) is 14.8 Å². The summed E-state index contributed by atoms with van der Waals surface area (Å²) in [6, 6.07) is 5.77. The number of carbonyl (C=O) groups excluding carboxylic acids is 1. The minimum Gasteiger partial charge on any atom is -0.495 e. The van der Waals surface area contributed by atoms with Crippen LogP contribution in [0.3, 0.4) is 0 Å². The van der Waals surface area contributed by atoms with E-state index in [1.165, 1.54) is 24.8 Å². The molecule has 4 rings (SSSR count). The van der Waals surface area contributed by atoms with Gasteiger partial charge in [-0.2, -0.15) is 4.98 Å². The monoisotopic (exact) mass is 464 g/mol. The first kappa shape index (κ1) is 21.5. The smallest absolute Gasteiger partial charge is 0.432 e. The molecule has 12 heteroatoms. The van der Waals surface area contributed by atoms with E-state index in [0.29, 0.717) is 45.2 Å². The van der Waals surface area contributed by atoms with Gasteiger partial charge in [-0.05, 0) is 17.7 Å². The minimum atomic E-state index is -0.596. The van der Waals surface area contributed by atoms with Gasteiger partial charge in [-0.1, -0.05) is 29.0 Å². The first-order valence-electron chi connectivity index (χ1n) is 9.50. The van der Waals surface area contributed by atoms with Crippen molar-refractivity contribution < 1.29 is 19.1 Å². The Balaban J connectivity index is 1.27. The number of methoxy groups -OCH3 is 2. The van der Waals surface area contributed by atoms with E-state index < -0.39 is 6.09 Å². The van der Waals surface area contributed by atoms with Crippen LogP contribution in [0.2, 0.25) is 5.02 Å². The molecule has 0 unspecified atom stereocenters. The maximum Gasteiger partial charge on any atom is 0.432 e. The number of halogens is 1. The van der Waals surface area contributed by atoms with Crippen molar-refractivity contribution in [3.63, 3.8) is 0 Å². The Hall–Kier alpha value is -2.73. The second-order valence-corrected chi connectivity index (χ2v) is 8.12. The molecule has 3 heterocycles. The van der Waals surface area contributed by atoms with Crippen molar-refractivity contribution in [2.75, 3.05) is 45.7 Å². The van der Waals surface area contributed by atoms with Gasteiger partial charge in [0.05, 0.1) is 19.2 Å². The lowest BCUT2D eigenvalue weighted by molar-refractivity contribution is -0.119. The Morgan fingerprint density at radius 3 is 2.71 bits per heavy atom. The second kappa shape index (κ2) is 9.60. The summed E-state index contributed by atoms with van der Waals surface area (Å²) in [4.78, 5) is 33.0. The number of anilines is 1. The predicted molar refractivity (Wildman–Crippen MR) is 117 cm³/mol. The summed E-state index contributed by atoms with van der Waals surface area (Å²) < 4.78 is 10.3. The molecule has 0 aliphatic carbocycles. The number of hydrogen-bond acceptors (Lipinski definition) is 10. The Kier molecular flexibility index (Phi) is 6.66. The summed E-state index contributed by atoms with van der Waals surface area (Å²) in [6.45, 7) is 3.46. The van der Waals surface area contributed by atoms with Crippen LogP contribution in [0, 0.1) is 0 Å². The molecule has 1 N–H and O–H groups in total. The van der Waals surface area contributed by atoms with Gasteiger partial charge in [0.1, 0.15) is 12.1 Å². The molecule has 2 aromatic heterocycles. The van der Waals surface area contributed by atoms with Gasteiger partial charge >= 0.3 is 6.09 Å². The number of hydroxylamine groups is 2. The Morgan fingerprint density at radius 1 is 1.19 bits per heavy atom. The molecule has 0 radical (unpaired) electrons. The third-order valence-corrected chi connectivity index (χ3v) is 5.90. The standard InChI is InChI=1S/C19H21ClN6O4S/c1-28-14-4-3-12(9-13(14)20)10-25-5-7-26(8-6-25)30-19(27)24-18-23-15-16(29-2)21-11-22-17(15)31-18/h3-4,9,11H,5-8,10H2,1-2H3,(H,23,24,27). The highest BCUT2D eigenvalue weighted by Crippen LogP contribution is 2.29. The predicted octanol–water partition coefficient (Wildman–Crippen LogP) is 3.04. The highest BCUT2D eigenvalue weighted by Gasteiger charge is 2.21. The summed E-state index contributed by atoms with van der Waals surface area (Å²) in [5.74, 6) is 1.02. The number of thiazole rings is 1. The number of carbonyl (C=O) groups is 1. The Labute approximate surface area is 187 Å². The molecule has 1 saturated heterocycles. The van der Waals surface area contributed by atoms with E-state index in [-0.39, 0.29) is 0 Å². The van der Waals surface area contributed by atoms with Crippen LogP contribution in [0.4, 0.5) is 9.93 Å². The van der Waals surface area contributed by atoms with Crippen LogP contribution < -0.4 is 14.8 Å². The highest BCUT2D eigenvalue weighted by atomic mass is 35.5. The molecule has 1 aliphatic rings. The van der Waals surface area contributed by atoms with E-state index in [2.05, 4.69) is 25.2 Å². The van der Waals surface area contributed by atoms with Crippen molar-refractivity contribution in [2.24, 2.45) is 0 Å². The number of rotatable bonds is 6. The van der Waals surface area contributed by atoms with E-state index in [9.17, 15) is 4.79 Å². The molecule has 31 heavy (non-hydrogen) atoms. The topological polar surface area (TPSA) is 102 Å². The fourth-order valence-corrected chi connectivity index (χ4v) is 4.27. The molecule has 0 saturated carbocycles. The van der Waals surface area contributed by atoms with Gasteiger partial charge < -0.3 is 14.3 Å². The lowest BCUT2D eigenvalue weighted by atomic mass is 10.2. The third-order valence-electron chi connectivity index (χ3n) is 4.73. The second-order valence-electron chi connectivity index (χ2n) is 6.73. The van der Waals surface area contributed by atoms with Gasteiger partial charge in [-0.15, -0.1) is 5.06 Å². The maximum absolute atomic E-state index is 12.3. The fourth-order valence-electron chi connectivity index (χ4n) is 3.21. The zero-order valence-corrected chi connectivity index (χ0v) is 18.6. The zero-order valence-electron chi connectivity index (χ0n) is 17.0. The summed E-state index contributed by atoms with van der Waals surface area (Å²) in [5, 5.41) is 5.24. The Morgan fingerprint density at radius 2 is 2.00 bits per heavy atom. The SMILES string of the molecule is COc1ccc(CN2CCN(OC(=O)Nc3nc4c(OC)ncnc4s3)CC2)cc1Cl. The van der Waals surface area contributed by atoms with E-state index in [0.717, 1.165) is 25.2 Å². The number of hydrogen-bond donors (Lipinski definition) is 1. The molecular weight excluding hydrogens is 444 g/mol. The van der Waals surface area contributed by atoms with Crippen molar-refractivity contribution in [3.05, 3.63) is 35.1 Å². The van der Waals surface area contributed by atoms with Crippen molar-refractivity contribution in [1.29, 1.82) is 0 Å². The van der Waals surface area contributed by atoms with Crippen molar-refractivity contribution in [2.45, 2.75) is 6.54 Å². The van der Waals surface area contributed by atoms with Crippen LogP contribution in [-0.4, -0.2) is 71.4 Å². The quantitative estimate of drug-likeness (QED) is 0.589. The molecule has 0 atom stereocenters. The molecule has 164 valence electrons. The van der Waals surface area contributed by atoms with Gasteiger partial charge in [0.15, 0.2) is 15.5 Å². The minimum absolute atomic E-state index is 0.358. The lowest BCUT2D eigenvalue weighted by Gasteiger charge is -2.33. The van der Waals surface area contributed by atoms with Crippen LogP contribution in [0.5, 0.6) is 11.6 Å². The third kappa shape index (κ3) is 5.13. The average Bonchev–Trinajstić information content (AvgIpc) is 3.17. The molecule has 1 aromatic carbocycles. The van der Waals surface area contributed by atoms with Crippen LogP contribution in [-0.2, 0) is 11.4 Å². The van der Waals surface area contributed by atoms with Crippen molar-refractivity contribution in [3.8, 4) is 11.6 Å². The molecule has 0 bridgehead atoms. The number of piperazine rings is 1. The van der Waals surface area contributed by atoms with Crippen LogP contribution in [0.25, 0.3) is 10.3 Å². The summed E-state index contributed by atoms with van der Waals surface area (Å²) in [6.07, 6.45) is 0.794. The lowest BCUT2D eigenvalue weighted by Crippen LogP contribution is -2.46. The molecule has 1 amide bonds. The van der Waals surface area contributed by atoms with Crippen LogP contribution >= 0.6 is 22.9 Å². The number of benzene rings is 1. The number of nitrogens with zero attached hydrogens (tertiary/aromatic N) is 5. The van der Waals surface area contributed by atoms with Crippen molar-refractivity contribution in [1.82, 2.24) is 24.9 Å². The number of ether oxygens (including phenoxy) is 2. The van der Waals surface area contributed by atoms with Gasteiger partial charge in [0, 0.05) is 32.7 Å². The van der Waals surface area contributed by atoms with E-state index >= 15 is 0 Å². The largest absolute Gasteiger partial charge is 0.495 e. The normalized spacial score (nSPS) is 15.1.